The number of rotatable bonds is 1. The molecule has 0 spiro atoms. The Hall–Kier alpha value is -2.15. The van der Waals surface area contributed by atoms with Crippen molar-refractivity contribution in [1.29, 1.82) is 0 Å². The number of anilines is 2. The summed E-state index contributed by atoms with van der Waals surface area (Å²) in [5, 5.41) is 0. The summed E-state index contributed by atoms with van der Waals surface area (Å²) in [7, 11) is 0. The average Bonchev–Trinajstić information content (AvgIpc) is 2.64. The number of ether oxygens (including phenoxy) is 1. The lowest BCUT2D eigenvalue weighted by Crippen LogP contribution is -2.33. The summed E-state index contributed by atoms with van der Waals surface area (Å²) in [6.07, 6.45) is 1.30. The Morgan fingerprint density at radius 2 is 1.95 bits per heavy atom. The molecule has 2 aromatic rings. The number of amides is 1. The van der Waals surface area contributed by atoms with Crippen LogP contribution >= 0.6 is 15.9 Å². The number of nitrogens with two attached hydrogens (primary N) is 1. The summed E-state index contributed by atoms with van der Waals surface area (Å²) < 4.78 is 6.57. The first-order chi connectivity index (χ1) is 10.5. The number of carbonyl (C=O) groups is 1. The largest absolute Gasteiger partial charge is 0.475 e. The van der Waals surface area contributed by atoms with Gasteiger partial charge in [0.05, 0.1) is 6.54 Å². The fourth-order valence-electron chi connectivity index (χ4n) is 2.49. The summed E-state index contributed by atoms with van der Waals surface area (Å²) in [5.41, 5.74) is 8.99. The molecule has 7 heteroatoms. The summed E-state index contributed by atoms with van der Waals surface area (Å²) in [5.74, 6) is 0.129. The molecule has 0 atom stereocenters. The fourth-order valence-corrected chi connectivity index (χ4v) is 2.72. The molecule has 0 unspecified atom stereocenters. The molecule has 6 nitrogen and oxygen atoms in total. The molecule has 0 saturated carbocycles. The van der Waals surface area contributed by atoms with Gasteiger partial charge < -0.3 is 15.4 Å². The Labute approximate surface area is 136 Å². The predicted molar refractivity (Wildman–Crippen MR) is 87.2 cm³/mol. The lowest BCUT2D eigenvalue weighted by atomic mass is 10.1. The van der Waals surface area contributed by atoms with E-state index in [-0.39, 0.29) is 23.2 Å². The van der Waals surface area contributed by atoms with Gasteiger partial charge in [-0.3, -0.25) is 4.79 Å². The van der Waals surface area contributed by atoms with Crippen molar-refractivity contribution in [3.8, 4) is 5.88 Å². The summed E-state index contributed by atoms with van der Waals surface area (Å²) >= 11 is 3.54. The van der Waals surface area contributed by atoms with Crippen LogP contribution in [0.15, 0.2) is 22.9 Å². The molecule has 22 heavy (non-hydrogen) atoms. The van der Waals surface area contributed by atoms with Crippen LogP contribution in [0.2, 0.25) is 0 Å². The molecule has 0 radical (unpaired) electrons. The van der Waals surface area contributed by atoms with Crippen LogP contribution < -0.4 is 15.4 Å². The van der Waals surface area contributed by atoms with Crippen LogP contribution in [0.5, 0.6) is 5.88 Å². The second kappa shape index (κ2) is 5.57. The summed E-state index contributed by atoms with van der Waals surface area (Å²) in [6, 6.07) is 3.92. The van der Waals surface area contributed by atoms with E-state index in [1.807, 2.05) is 26.0 Å². The van der Waals surface area contributed by atoms with Crippen LogP contribution in [-0.4, -0.2) is 29.0 Å². The zero-order valence-electron chi connectivity index (χ0n) is 12.3. The van der Waals surface area contributed by atoms with Crippen molar-refractivity contribution in [3.05, 3.63) is 39.6 Å². The van der Waals surface area contributed by atoms with Crippen molar-refractivity contribution in [2.45, 2.75) is 13.8 Å². The second-order valence-corrected chi connectivity index (χ2v) is 5.93. The van der Waals surface area contributed by atoms with Gasteiger partial charge >= 0.3 is 0 Å². The third-order valence-electron chi connectivity index (χ3n) is 3.59. The molecule has 1 aliphatic rings. The third kappa shape index (κ3) is 2.41. The molecule has 3 rings (SSSR count). The molecule has 0 aliphatic carbocycles. The second-order valence-electron chi connectivity index (χ2n) is 5.14. The van der Waals surface area contributed by atoms with Gasteiger partial charge in [-0.15, -0.1) is 0 Å². The van der Waals surface area contributed by atoms with Gasteiger partial charge in [-0.05, 0) is 37.1 Å². The SMILES string of the molecule is Cc1cc(N2CCOc3ncnc(N)c3C2=O)cc(C)c1Br. The van der Waals surface area contributed by atoms with Crippen LogP contribution in [-0.2, 0) is 0 Å². The fraction of sp³-hybridized carbons (Fsp3) is 0.267. The number of halogens is 1. The van der Waals surface area contributed by atoms with E-state index in [9.17, 15) is 4.79 Å². The van der Waals surface area contributed by atoms with Crippen LogP contribution in [0.3, 0.4) is 0 Å². The minimum absolute atomic E-state index is 0.132. The van der Waals surface area contributed by atoms with E-state index in [2.05, 4.69) is 25.9 Å². The monoisotopic (exact) mass is 362 g/mol. The average molecular weight is 363 g/mol. The van der Waals surface area contributed by atoms with Gasteiger partial charge in [0, 0.05) is 10.2 Å². The van der Waals surface area contributed by atoms with E-state index in [4.69, 9.17) is 10.5 Å². The van der Waals surface area contributed by atoms with Crippen molar-refractivity contribution < 1.29 is 9.53 Å². The zero-order valence-corrected chi connectivity index (χ0v) is 13.8. The van der Waals surface area contributed by atoms with Crippen molar-refractivity contribution in [2.24, 2.45) is 0 Å². The number of fused-ring (bicyclic) bond motifs is 1. The maximum Gasteiger partial charge on any atom is 0.267 e. The first kappa shape index (κ1) is 14.8. The summed E-state index contributed by atoms with van der Waals surface area (Å²) in [4.78, 5) is 22.4. The Morgan fingerprint density at radius 1 is 1.27 bits per heavy atom. The molecule has 0 saturated heterocycles. The Bertz CT molecular complexity index is 740. The molecule has 0 fully saturated rings. The quantitative estimate of drug-likeness (QED) is 0.842. The highest BCUT2D eigenvalue weighted by Crippen LogP contribution is 2.31. The van der Waals surface area contributed by atoms with Crippen LogP contribution in [0.1, 0.15) is 21.5 Å². The number of benzene rings is 1. The van der Waals surface area contributed by atoms with Gasteiger partial charge in [0.15, 0.2) is 0 Å². The van der Waals surface area contributed by atoms with E-state index >= 15 is 0 Å². The smallest absolute Gasteiger partial charge is 0.267 e. The molecule has 1 aromatic heterocycles. The van der Waals surface area contributed by atoms with E-state index in [0.29, 0.717) is 13.2 Å². The molecule has 2 heterocycles. The van der Waals surface area contributed by atoms with E-state index < -0.39 is 0 Å². The highest BCUT2D eigenvalue weighted by atomic mass is 79.9. The third-order valence-corrected chi connectivity index (χ3v) is 4.84. The van der Waals surface area contributed by atoms with Gasteiger partial charge in [0.1, 0.15) is 24.3 Å². The van der Waals surface area contributed by atoms with E-state index in [1.54, 1.807) is 4.90 Å². The number of hydrogen-bond acceptors (Lipinski definition) is 5. The van der Waals surface area contributed by atoms with Crippen molar-refractivity contribution in [2.75, 3.05) is 23.8 Å². The lowest BCUT2D eigenvalue weighted by Gasteiger charge is -2.22. The minimum atomic E-state index is -0.244. The number of carbonyl (C=O) groups excluding carboxylic acids is 1. The van der Waals surface area contributed by atoms with Crippen LogP contribution in [0, 0.1) is 13.8 Å². The highest BCUT2D eigenvalue weighted by molar-refractivity contribution is 9.10. The molecular formula is C15H15BrN4O2. The highest BCUT2D eigenvalue weighted by Gasteiger charge is 2.29. The number of aromatic nitrogens is 2. The molecular weight excluding hydrogens is 348 g/mol. The van der Waals surface area contributed by atoms with Gasteiger partial charge in [-0.2, -0.15) is 0 Å². The van der Waals surface area contributed by atoms with Crippen molar-refractivity contribution >= 4 is 33.3 Å². The zero-order chi connectivity index (χ0) is 15.9. The Balaban J connectivity index is 2.09. The van der Waals surface area contributed by atoms with Crippen LogP contribution in [0.4, 0.5) is 11.5 Å². The van der Waals surface area contributed by atoms with E-state index in [1.165, 1.54) is 6.33 Å². The standard InChI is InChI=1S/C15H15BrN4O2/c1-8-5-10(6-9(2)12(8)16)20-3-4-22-14-11(15(20)21)13(17)18-7-19-14/h5-7H,3-4H2,1-2H3,(H2,17,18,19). The van der Waals surface area contributed by atoms with Gasteiger partial charge in [-0.25, -0.2) is 9.97 Å². The van der Waals surface area contributed by atoms with E-state index in [0.717, 1.165) is 21.3 Å². The summed E-state index contributed by atoms with van der Waals surface area (Å²) in [6.45, 7) is 4.76. The number of nitrogen functional groups attached to an aromatic ring is 1. The van der Waals surface area contributed by atoms with Crippen molar-refractivity contribution in [1.82, 2.24) is 9.97 Å². The molecule has 1 aromatic carbocycles. The van der Waals surface area contributed by atoms with Crippen LogP contribution in [0.25, 0.3) is 0 Å². The molecule has 0 bridgehead atoms. The number of hydrogen-bond donors (Lipinski definition) is 1. The minimum Gasteiger partial charge on any atom is -0.475 e. The Morgan fingerprint density at radius 3 is 2.64 bits per heavy atom. The Kier molecular flexibility index (Phi) is 3.74. The molecule has 1 aliphatic heterocycles. The molecule has 2 N–H and O–H groups in total. The predicted octanol–water partition coefficient (Wildman–Crippen LogP) is 2.48. The van der Waals surface area contributed by atoms with Crippen molar-refractivity contribution in [3.63, 3.8) is 0 Å². The number of nitrogens with zero attached hydrogens (tertiary/aromatic N) is 3. The molecule has 1 amide bonds. The van der Waals surface area contributed by atoms with Gasteiger partial charge in [-0.1, -0.05) is 15.9 Å². The number of aryl methyl sites for hydroxylation is 2. The molecule has 114 valence electrons. The lowest BCUT2D eigenvalue weighted by molar-refractivity contribution is 0.0990. The van der Waals surface area contributed by atoms with Gasteiger partial charge in [0.25, 0.3) is 5.91 Å². The first-order valence-electron chi connectivity index (χ1n) is 6.81. The maximum absolute atomic E-state index is 12.8. The normalized spacial score (nSPS) is 14.3. The maximum atomic E-state index is 12.8. The van der Waals surface area contributed by atoms with Gasteiger partial charge in [0.2, 0.25) is 5.88 Å². The first-order valence-corrected chi connectivity index (χ1v) is 7.60. The topological polar surface area (TPSA) is 81.3 Å².